The molecule has 100 heavy (non-hydrogen) atoms. The first-order chi connectivity index (χ1) is 49.0. The van der Waals surface area contributed by atoms with E-state index in [0.29, 0.717) is 17.4 Å². The molecule has 0 rings (SSSR count). The van der Waals surface area contributed by atoms with Crippen LogP contribution < -0.4 is 0 Å². The maximum absolute atomic E-state index is 12.9. The first-order valence-corrected chi connectivity index (χ1v) is 41.3. The van der Waals surface area contributed by atoms with Gasteiger partial charge >= 0.3 is 19.8 Å². The lowest BCUT2D eigenvalue weighted by molar-refractivity contribution is -0.870. The monoisotopic (exact) mass is 1400 g/mol. The molecule has 0 fully saturated rings. The molecule has 0 amide bonds. The molecule has 2 unspecified atom stereocenters. The molecule has 0 heterocycles. The number of quaternary nitrogens is 1. The number of phosphoric ester groups is 1. The fourth-order valence-electron chi connectivity index (χ4n) is 10.3. The lowest BCUT2D eigenvalue weighted by Crippen LogP contribution is -2.37. The highest BCUT2D eigenvalue weighted by Gasteiger charge is 2.27. The van der Waals surface area contributed by atoms with Gasteiger partial charge in [0.1, 0.15) is 19.8 Å². The number of carbonyl (C=O) groups excluding carboxylic acids is 2. The van der Waals surface area contributed by atoms with Gasteiger partial charge in [0.05, 0.1) is 27.7 Å². The minimum Gasteiger partial charge on any atom is -0.462 e. The Morgan fingerprint density at radius 2 is 0.540 bits per heavy atom. The summed E-state index contributed by atoms with van der Waals surface area (Å²) in [6.07, 6.45) is 122. The fourth-order valence-corrected chi connectivity index (χ4v) is 11.1. The van der Waals surface area contributed by atoms with Crippen LogP contribution in [0.3, 0.4) is 0 Å². The lowest BCUT2D eigenvalue weighted by atomic mass is 10.0. The molecular formula is C90H147NO8P+. The summed E-state index contributed by atoms with van der Waals surface area (Å²) in [6, 6.07) is 0. The molecular weight excluding hydrogens is 1250 g/mol. The summed E-state index contributed by atoms with van der Waals surface area (Å²) in [4.78, 5) is 36.0. The summed E-state index contributed by atoms with van der Waals surface area (Å²) in [5.74, 6) is -0.826. The largest absolute Gasteiger partial charge is 0.472 e. The van der Waals surface area contributed by atoms with Crippen molar-refractivity contribution in [2.24, 2.45) is 0 Å². The molecule has 564 valence electrons. The number of unbranched alkanes of at least 4 members (excludes halogenated alkanes) is 23. The summed E-state index contributed by atoms with van der Waals surface area (Å²) >= 11 is 0. The van der Waals surface area contributed by atoms with E-state index in [2.05, 4.69) is 220 Å². The molecule has 10 heteroatoms. The van der Waals surface area contributed by atoms with Crippen LogP contribution in [-0.2, 0) is 32.7 Å². The third-order valence-corrected chi connectivity index (χ3v) is 17.3. The predicted molar refractivity (Wildman–Crippen MR) is 435 cm³/mol. The van der Waals surface area contributed by atoms with Crippen LogP contribution in [0.25, 0.3) is 0 Å². The van der Waals surface area contributed by atoms with Crippen LogP contribution in [0.5, 0.6) is 0 Å². The molecule has 0 aliphatic rings. The van der Waals surface area contributed by atoms with Crippen molar-refractivity contribution < 1.29 is 42.1 Å². The first-order valence-electron chi connectivity index (χ1n) is 39.8. The Kier molecular flexibility index (Phi) is 73.5. The quantitative estimate of drug-likeness (QED) is 0.0211. The molecule has 1 N–H and O–H groups in total. The highest BCUT2D eigenvalue weighted by Crippen LogP contribution is 2.43. The maximum atomic E-state index is 12.9. The van der Waals surface area contributed by atoms with Crippen LogP contribution >= 0.6 is 7.82 Å². The second kappa shape index (κ2) is 77.7. The third-order valence-electron chi connectivity index (χ3n) is 16.3. The van der Waals surface area contributed by atoms with Gasteiger partial charge in [-0.1, -0.05) is 342 Å². The first kappa shape index (κ1) is 94.6. The van der Waals surface area contributed by atoms with E-state index in [9.17, 15) is 19.0 Å². The molecule has 0 spiro atoms. The molecule has 0 saturated carbocycles. The summed E-state index contributed by atoms with van der Waals surface area (Å²) in [6.45, 7) is 4.18. The molecule has 0 bridgehead atoms. The number of hydrogen-bond acceptors (Lipinski definition) is 7. The highest BCUT2D eigenvalue weighted by atomic mass is 31.2. The molecule has 0 aromatic rings. The smallest absolute Gasteiger partial charge is 0.462 e. The van der Waals surface area contributed by atoms with E-state index in [0.717, 1.165) is 161 Å². The van der Waals surface area contributed by atoms with Crippen LogP contribution in [0.4, 0.5) is 0 Å². The summed E-state index contributed by atoms with van der Waals surface area (Å²) < 4.78 is 34.8. The standard InChI is InChI=1S/C90H146NO8P/c1-6-8-10-12-14-16-18-20-22-24-26-28-30-32-34-36-38-40-42-44-45-47-49-51-53-55-57-59-61-63-65-67-69-71-73-75-77-79-81-83-90(93)99-88(87-98-100(94,95)97-85-84-91(3,4)5)86-96-89(92)82-80-78-76-74-72-70-68-66-64-62-60-58-56-54-52-50-48-46-43-41-39-37-35-33-31-29-27-25-23-21-19-17-15-13-11-9-7-2/h8-11,14-17,20-23,26-29,32-35,38-41,44-45,49,51,55,57,61,63,67,69,88H,6-7,12-13,18-19,24-25,30-31,36-37,42-43,46-48,50,52-54,56,58-60,62,64-66,68,70-87H2,1-5H3/p+1/b10-8-,11-9-,16-14-,17-15-,22-20-,23-21-,28-26-,29-27-,34-32-,35-33-,40-38-,41-39-,45-44-,51-49-,57-55-,63-61-,69-67-. The fraction of sp³-hybridized carbons (Fsp3) is 0.600. The highest BCUT2D eigenvalue weighted by molar-refractivity contribution is 7.47. The van der Waals surface area contributed by atoms with Gasteiger partial charge in [0, 0.05) is 12.8 Å². The van der Waals surface area contributed by atoms with Gasteiger partial charge in [0.15, 0.2) is 6.10 Å². The normalized spacial score (nSPS) is 14.2. The van der Waals surface area contributed by atoms with Gasteiger partial charge in [-0.05, 0) is 148 Å². The minimum absolute atomic E-state index is 0.0184. The Balaban J connectivity index is 4.09. The minimum atomic E-state index is -4.42. The molecule has 9 nitrogen and oxygen atoms in total. The van der Waals surface area contributed by atoms with Crippen molar-refractivity contribution in [3.8, 4) is 0 Å². The lowest BCUT2D eigenvalue weighted by Gasteiger charge is -2.24. The molecule has 0 saturated heterocycles. The zero-order chi connectivity index (χ0) is 72.5. The number of likely N-dealkylation sites (N-methyl/N-ethyl adjacent to an activating group) is 1. The van der Waals surface area contributed by atoms with Crippen molar-refractivity contribution in [3.05, 3.63) is 207 Å². The Morgan fingerprint density at radius 3 is 0.800 bits per heavy atom. The second-order valence-corrected chi connectivity index (χ2v) is 28.4. The maximum Gasteiger partial charge on any atom is 0.472 e. The summed E-state index contributed by atoms with van der Waals surface area (Å²) in [7, 11) is 1.44. The Labute approximate surface area is 615 Å². The van der Waals surface area contributed by atoms with Gasteiger partial charge in [-0.15, -0.1) is 0 Å². The van der Waals surface area contributed by atoms with Crippen LogP contribution in [0, 0.1) is 0 Å². The van der Waals surface area contributed by atoms with Gasteiger partial charge in [0.2, 0.25) is 0 Å². The number of phosphoric acid groups is 1. The average molecular weight is 1400 g/mol. The number of carbonyl (C=O) groups is 2. The van der Waals surface area contributed by atoms with Crippen LogP contribution in [0.2, 0.25) is 0 Å². The number of ether oxygens (including phenoxy) is 2. The zero-order valence-corrected chi connectivity index (χ0v) is 65.2. The molecule has 0 aliphatic carbocycles. The topological polar surface area (TPSA) is 108 Å². The van der Waals surface area contributed by atoms with E-state index in [1.54, 1.807) is 0 Å². The van der Waals surface area contributed by atoms with Crippen molar-refractivity contribution in [2.45, 2.75) is 302 Å². The van der Waals surface area contributed by atoms with Crippen molar-refractivity contribution in [2.75, 3.05) is 47.5 Å². The van der Waals surface area contributed by atoms with Crippen molar-refractivity contribution in [1.82, 2.24) is 0 Å². The van der Waals surface area contributed by atoms with Crippen LogP contribution in [0.15, 0.2) is 207 Å². The number of nitrogens with zero attached hydrogens (tertiary/aromatic N) is 1. The number of rotatable bonds is 71. The Morgan fingerprint density at radius 1 is 0.310 bits per heavy atom. The van der Waals surface area contributed by atoms with Crippen LogP contribution in [-0.4, -0.2) is 74.9 Å². The third kappa shape index (κ3) is 81.6. The SMILES string of the molecule is CC/C=C\C/C=C\C/C=C\C/C=C\C/C=C\C/C=C\C/C=C\C/C=C\C/C=C\C/C=C\C/C=C\CCCCCCCC(=O)OC(COC(=O)CCCCCCCCCCCCCCCCCCCC/C=C\C/C=C\C/C=C\C/C=C\C/C=C\C/C=C\CC)COP(=O)(O)OCC[N+](C)(C)C. The summed E-state index contributed by atoms with van der Waals surface area (Å²) in [5.41, 5.74) is 0. The Hall–Kier alpha value is -5.41. The number of hydrogen-bond donors (Lipinski definition) is 1. The Bertz CT molecular complexity index is 2450. The van der Waals surface area contributed by atoms with Gasteiger partial charge in [-0.25, -0.2) is 4.57 Å². The van der Waals surface area contributed by atoms with Crippen molar-refractivity contribution in [3.63, 3.8) is 0 Å². The van der Waals surface area contributed by atoms with E-state index in [1.165, 1.54) is 103 Å². The van der Waals surface area contributed by atoms with E-state index in [1.807, 2.05) is 21.1 Å². The second-order valence-electron chi connectivity index (χ2n) is 27.0. The van der Waals surface area contributed by atoms with Crippen molar-refractivity contribution in [1.29, 1.82) is 0 Å². The molecule has 2 atom stereocenters. The van der Waals surface area contributed by atoms with E-state index < -0.39 is 26.5 Å². The number of esters is 2. The molecule has 0 aliphatic heterocycles. The van der Waals surface area contributed by atoms with Gasteiger partial charge in [-0.2, -0.15) is 0 Å². The van der Waals surface area contributed by atoms with Crippen LogP contribution in [0.1, 0.15) is 296 Å². The van der Waals surface area contributed by atoms with E-state index in [-0.39, 0.29) is 32.0 Å². The molecule has 0 radical (unpaired) electrons. The van der Waals surface area contributed by atoms with E-state index in [4.69, 9.17) is 18.5 Å². The van der Waals surface area contributed by atoms with Gasteiger partial charge < -0.3 is 18.9 Å². The van der Waals surface area contributed by atoms with Gasteiger partial charge in [0.25, 0.3) is 0 Å². The molecule has 0 aromatic heterocycles. The van der Waals surface area contributed by atoms with Gasteiger partial charge in [-0.3, -0.25) is 18.6 Å². The summed E-state index contributed by atoms with van der Waals surface area (Å²) in [5, 5.41) is 0. The molecule has 0 aromatic carbocycles. The number of allylic oxidation sites excluding steroid dienone is 34. The zero-order valence-electron chi connectivity index (χ0n) is 64.3. The average Bonchev–Trinajstić information content (AvgIpc) is 1.07. The van der Waals surface area contributed by atoms with Crippen molar-refractivity contribution >= 4 is 19.8 Å². The van der Waals surface area contributed by atoms with E-state index >= 15 is 0 Å². The predicted octanol–water partition coefficient (Wildman–Crippen LogP) is 26.9.